The fourth-order valence-corrected chi connectivity index (χ4v) is 4.00. The third kappa shape index (κ3) is 3.76. The van der Waals surface area contributed by atoms with Crippen molar-refractivity contribution in [3.63, 3.8) is 0 Å². The molecule has 1 aromatic carbocycles. The van der Waals surface area contributed by atoms with Gasteiger partial charge in [0.25, 0.3) is 0 Å². The van der Waals surface area contributed by atoms with Crippen LogP contribution in [0.3, 0.4) is 0 Å². The molecular weight excluding hydrogens is 394 g/mol. The number of aliphatic carboxylic acids is 1. The molecule has 29 heavy (non-hydrogen) atoms. The fourth-order valence-electron chi connectivity index (χ4n) is 3.44. The highest BCUT2D eigenvalue weighted by Crippen LogP contribution is 2.34. The lowest BCUT2D eigenvalue weighted by molar-refractivity contribution is -0.141. The second kappa shape index (κ2) is 7.94. The van der Waals surface area contributed by atoms with E-state index in [9.17, 15) is 19.5 Å². The van der Waals surface area contributed by atoms with E-state index in [0.29, 0.717) is 16.7 Å². The van der Waals surface area contributed by atoms with Crippen molar-refractivity contribution in [2.75, 3.05) is 12.0 Å². The monoisotopic (exact) mass is 417 g/mol. The van der Waals surface area contributed by atoms with Crippen LogP contribution in [-0.2, 0) is 16.0 Å². The number of nitrogens with one attached hydrogen (secondary N) is 1. The number of carbonyl (C=O) groups is 2. The predicted molar refractivity (Wildman–Crippen MR) is 113 cm³/mol. The van der Waals surface area contributed by atoms with Crippen molar-refractivity contribution in [3.8, 4) is 0 Å². The van der Waals surface area contributed by atoms with Gasteiger partial charge in [-0.3, -0.25) is 4.79 Å². The van der Waals surface area contributed by atoms with Crippen LogP contribution < -0.4 is 10.9 Å². The van der Waals surface area contributed by atoms with Crippen LogP contribution in [0.2, 0.25) is 0 Å². The molecular formula is C21H23NO6S. The van der Waals surface area contributed by atoms with Crippen LogP contribution in [0.4, 0.5) is 0 Å². The first-order valence-corrected chi connectivity index (χ1v) is 10.5. The molecule has 0 aliphatic heterocycles. The average Bonchev–Trinajstić information content (AvgIpc) is 2.94. The molecule has 0 aliphatic rings. The first kappa shape index (κ1) is 21.0. The first-order chi connectivity index (χ1) is 13.6. The average molecular weight is 417 g/mol. The number of hydrogen-bond acceptors (Lipinski definition) is 6. The summed E-state index contributed by atoms with van der Waals surface area (Å²) in [4.78, 5) is 36.3. The lowest BCUT2D eigenvalue weighted by atomic mass is 9.98. The Hall–Kier alpha value is -2.74. The summed E-state index contributed by atoms with van der Waals surface area (Å²) in [6.07, 6.45) is 1.51. The van der Waals surface area contributed by atoms with Crippen LogP contribution in [0.15, 0.2) is 19.7 Å². The van der Waals surface area contributed by atoms with Gasteiger partial charge in [-0.05, 0) is 51.1 Å². The van der Waals surface area contributed by atoms with Crippen LogP contribution in [0, 0.1) is 27.7 Å². The van der Waals surface area contributed by atoms with Gasteiger partial charge in [0, 0.05) is 22.1 Å². The van der Waals surface area contributed by atoms with E-state index in [1.165, 1.54) is 11.8 Å². The first-order valence-electron chi connectivity index (χ1n) is 9.12. The Balaban J connectivity index is 2.06. The molecule has 0 spiro atoms. The van der Waals surface area contributed by atoms with E-state index in [1.54, 1.807) is 13.2 Å². The summed E-state index contributed by atoms with van der Waals surface area (Å²) in [7, 11) is 0. The highest BCUT2D eigenvalue weighted by molar-refractivity contribution is 7.98. The van der Waals surface area contributed by atoms with Crippen LogP contribution in [0.5, 0.6) is 0 Å². The zero-order valence-corrected chi connectivity index (χ0v) is 17.8. The van der Waals surface area contributed by atoms with E-state index in [1.807, 2.05) is 26.8 Å². The number of rotatable bonds is 6. The normalized spacial score (nSPS) is 12.4. The quantitative estimate of drug-likeness (QED) is 0.593. The molecule has 154 valence electrons. The second-order valence-corrected chi connectivity index (χ2v) is 8.03. The minimum Gasteiger partial charge on any atom is -0.480 e. The maximum atomic E-state index is 12.6. The molecule has 0 aliphatic carbocycles. The lowest BCUT2D eigenvalue weighted by Crippen LogP contribution is -2.43. The number of amides is 1. The topological polar surface area (TPSA) is 110 Å². The molecule has 8 heteroatoms. The van der Waals surface area contributed by atoms with Crippen LogP contribution >= 0.6 is 11.8 Å². The molecule has 0 fully saturated rings. The summed E-state index contributed by atoms with van der Waals surface area (Å²) in [5.41, 5.74) is 3.12. The number of furan rings is 1. The lowest BCUT2D eigenvalue weighted by Gasteiger charge is -2.14. The summed E-state index contributed by atoms with van der Waals surface area (Å²) in [5, 5.41) is 13.4. The van der Waals surface area contributed by atoms with Crippen molar-refractivity contribution in [2.45, 2.75) is 40.2 Å². The van der Waals surface area contributed by atoms with E-state index < -0.39 is 23.5 Å². The number of carboxylic acids is 1. The van der Waals surface area contributed by atoms with Gasteiger partial charge in [0.2, 0.25) is 5.91 Å². The van der Waals surface area contributed by atoms with Gasteiger partial charge in [0.1, 0.15) is 23.0 Å². The van der Waals surface area contributed by atoms with Crippen molar-refractivity contribution in [1.82, 2.24) is 5.32 Å². The standard InChI is InChI=1S/C21H23NO6S/c1-9-12(4)27-18-11(3)19-14(6-13(9)18)10(2)15(21(26)28-19)7-17(23)22-16(8-29-5)20(24)25/h6,16H,7-8H2,1-5H3,(H,22,23)(H,24,25). The summed E-state index contributed by atoms with van der Waals surface area (Å²) >= 11 is 1.32. The number of fused-ring (bicyclic) bond motifs is 2. The Morgan fingerprint density at radius 3 is 2.31 bits per heavy atom. The van der Waals surface area contributed by atoms with Gasteiger partial charge in [-0.25, -0.2) is 9.59 Å². The molecule has 0 bridgehead atoms. The Bertz CT molecular complexity index is 1190. The predicted octanol–water partition coefficient (Wildman–Crippen LogP) is 3.25. The van der Waals surface area contributed by atoms with E-state index in [2.05, 4.69) is 5.32 Å². The van der Waals surface area contributed by atoms with Gasteiger partial charge in [-0.1, -0.05) is 0 Å². The van der Waals surface area contributed by atoms with Gasteiger partial charge >= 0.3 is 11.6 Å². The third-order valence-electron chi connectivity index (χ3n) is 5.25. The Morgan fingerprint density at radius 1 is 1.07 bits per heavy atom. The van der Waals surface area contributed by atoms with Gasteiger partial charge in [0.15, 0.2) is 0 Å². The van der Waals surface area contributed by atoms with Gasteiger partial charge in [-0.15, -0.1) is 0 Å². The summed E-state index contributed by atoms with van der Waals surface area (Å²) < 4.78 is 11.4. The minimum absolute atomic E-state index is 0.222. The maximum Gasteiger partial charge on any atom is 0.340 e. The van der Waals surface area contributed by atoms with Crippen molar-refractivity contribution in [3.05, 3.63) is 44.5 Å². The molecule has 3 aromatic rings. The third-order valence-corrected chi connectivity index (χ3v) is 5.91. The van der Waals surface area contributed by atoms with Gasteiger partial charge in [0.05, 0.1) is 12.0 Å². The summed E-state index contributed by atoms with van der Waals surface area (Å²) in [6.45, 7) is 7.45. The zero-order valence-electron chi connectivity index (χ0n) is 17.0. The van der Waals surface area contributed by atoms with E-state index in [0.717, 1.165) is 27.7 Å². The Morgan fingerprint density at radius 2 is 1.69 bits per heavy atom. The van der Waals surface area contributed by atoms with Crippen molar-refractivity contribution >= 4 is 45.6 Å². The van der Waals surface area contributed by atoms with Crippen molar-refractivity contribution < 1.29 is 23.5 Å². The maximum absolute atomic E-state index is 12.6. The van der Waals surface area contributed by atoms with E-state index in [4.69, 9.17) is 8.83 Å². The van der Waals surface area contributed by atoms with Crippen molar-refractivity contribution in [2.24, 2.45) is 0 Å². The minimum atomic E-state index is -1.11. The molecule has 0 saturated heterocycles. The molecule has 0 saturated carbocycles. The number of hydrogen-bond donors (Lipinski definition) is 2. The zero-order chi connectivity index (χ0) is 21.5. The summed E-state index contributed by atoms with van der Waals surface area (Å²) in [6, 6.07) is 0.903. The molecule has 1 amide bonds. The number of carboxylic acid groups (broad SMARTS) is 1. The van der Waals surface area contributed by atoms with E-state index in [-0.39, 0.29) is 17.7 Å². The van der Waals surface area contributed by atoms with Crippen molar-refractivity contribution in [1.29, 1.82) is 0 Å². The highest BCUT2D eigenvalue weighted by Gasteiger charge is 2.23. The molecule has 7 nitrogen and oxygen atoms in total. The molecule has 1 unspecified atom stereocenters. The number of benzene rings is 1. The van der Waals surface area contributed by atoms with Crippen LogP contribution in [-0.4, -0.2) is 35.0 Å². The van der Waals surface area contributed by atoms with E-state index >= 15 is 0 Å². The molecule has 0 radical (unpaired) electrons. The Labute approximate surface area is 171 Å². The van der Waals surface area contributed by atoms with Crippen LogP contribution in [0.25, 0.3) is 21.9 Å². The molecule has 2 N–H and O–H groups in total. The largest absolute Gasteiger partial charge is 0.480 e. The second-order valence-electron chi connectivity index (χ2n) is 7.12. The Kier molecular flexibility index (Phi) is 5.75. The van der Waals surface area contributed by atoms with Gasteiger partial charge < -0.3 is 19.3 Å². The summed E-state index contributed by atoms with van der Waals surface area (Å²) in [5.74, 6) is -0.609. The highest BCUT2D eigenvalue weighted by atomic mass is 32.2. The van der Waals surface area contributed by atoms with Crippen LogP contribution in [0.1, 0.15) is 28.0 Å². The smallest absolute Gasteiger partial charge is 0.340 e. The molecule has 1 atom stereocenters. The molecule has 2 aromatic heterocycles. The SMILES string of the molecule is CSCC(NC(=O)Cc1c(C)c2cc3c(C)c(C)oc3c(C)c2oc1=O)C(=O)O. The van der Waals surface area contributed by atoms with Gasteiger partial charge in [-0.2, -0.15) is 11.8 Å². The fraction of sp³-hybridized carbons (Fsp3) is 0.381. The molecule has 2 heterocycles. The number of carbonyl (C=O) groups excluding carboxylic acids is 1. The molecule has 3 rings (SSSR count). The number of thioether (sulfide) groups is 1. The number of aryl methyl sites for hydroxylation is 4.